The molecule has 6 atom stereocenters. The third-order valence-corrected chi connectivity index (χ3v) is 10.8. The number of hydrogen-bond donors (Lipinski definition) is 1. The van der Waals surface area contributed by atoms with E-state index in [0.717, 1.165) is 4.90 Å². The lowest BCUT2D eigenvalue weighted by Gasteiger charge is -2.49. The highest BCUT2D eigenvalue weighted by Gasteiger charge is 2.68. The van der Waals surface area contributed by atoms with E-state index in [2.05, 4.69) is 0 Å². The Morgan fingerprint density at radius 1 is 0.804 bits per heavy atom. The zero-order valence-electron chi connectivity index (χ0n) is 27.1. The van der Waals surface area contributed by atoms with Gasteiger partial charge in [-0.2, -0.15) is 26.3 Å². The Kier molecular flexibility index (Phi) is 7.88. The third kappa shape index (κ3) is 5.12. The first kappa shape index (κ1) is 34.3. The number of rotatable bonds is 5. The minimum absolute atomic E-state index is 0.0855. The number of allylic oxidation sites excluding steroid dienone is 2. The summed E-state index contributed by atoms with van der Waals surface area (Å²) in [5, 5.41) is 11.5. The molecule has 0 radical (unpaired) electrons. The molecule has 2 heterocycles. The first-order valence-corrected chi connectivity index (χ1v) is 16.3. The van der Waals surface area contributed by atoms with Crippen molar-refractivity contribution in [2.24, 2.45) is 29.1 Å². The highest BCUT2D eigenvalue weighted by Crippen LogP contribution is 2.65. The van der Waals surface area contributed by atoms with Gasteiger partial charge in [0.25, 0.3) is 0 Å². The highest BCUT2D eigenvalue weighted by molar-refractivity contribution is 6.25. The van der Waals surface area contributed by atoms with Crippen LogP contribution < -0.4 is 14.5 Å². The average Bonchev–Trinajstić information content (AvgIpc) is 3.45. The van der Waals surface area contributed by atoms with Crippen molar-refractivity contribution in [1.29, 1.82) is 0 Å². The Morgan fingerprint density at radius 3 is 2.06 bits per heavy atom. The molecule has 0 spiro atoms. The second-order valence-corrected chi connectivity index (χ2v) is 13.4. The van der Waals surface area contributed by atoms with Crippen LogP contribution in [0.2, 0.25) is 0 Å². The molecule has 2 saturated heterocycles. The van der Waals surface area contributed by atoms with Crippen molar-refractivity contribution in [1.82, 2.24) is 0 Å². The summed E-state index contributed by atoms with van der Waals surface area (Å²) in [4.78, 5) is 58.3. The molecule has 3 aromatic rings. The second kappa shape index (κ2) is 11.7. The fourth-order valence-electron chi connectivity index (χ4n) is 8.55. The summed E-state index contributed by atoms with van der Waals surface area (Å²) < 4.78 is 88.3. The molecule has 6 unspecified atom stereocenters. The van der Waals surface area contributed by atoms with E-state index in [1.165, 1.54) is 6.07 Å². The number of alkyl halides is 6. The Labute approximate surface area is 287 Å². The van der Waals surface area contributed by atoms with Crippen LogP contribution in [0.15, 0.2) is 78.4 Å². The number of fused-ring (bicyclic) bond motifs is 4. The molecule has 4 aliphatic rings. The largest absolute Gasteiger partial charge is 0.504 e. The van der Waals surface area contributed by atoms with E-state index in [1.54, 1.807) is 62.4 Å². The molecular formula is C37H30F6N2O6. The molecule has 0 aromatic heterocycles. The molecule has 51 heavy (non-hydrogen) atoms. The van der Waals surface area contributed by atoms with Gasteiger partial charge in [0.05, 0.1) is 52.3 Å². The number of aromatic hydroxyl groups is 1. The van der Waals surface area contributed by atoms with Gasteiger partial charge >= 0.3 is 12.4 Å². The Hall–Kier alpha value is -5.14. The third-order valence-electron chi connectivity index (χ3n) is 10.8. The fourth-order valence-corrected chi connectivity index (χ4v) is 8.55. The number of halogens is 6. The van der Waals surface area contributed by atoms with Crippen LogP contribution in [0.4, 0.5) is 37.7 Å². The second-order valence-electron chi connectivity index (χ2n) is 13.4. The monoisotopic (exact) mass is 712 g/mol. The zero-order chi connectivity index (χ0) is 36.8. The average molecular weight is 713 g/mol. The Morgan fingerprint density at radius 2 is 1.45 bits per heavy atom. The number of para-hydroxylation sites is 2. The van der Waals surface area contributed by atoms with Gasteiger partial charge in [0.2, 0.25) is 23.6 Å². The Balaban J connectivity index is 1.37. The molecule has 1 N–H and O–H groups in total. The van der Waals surface area contributed by atoms with Crippen LogP contribution >= 0.6 is 0 Å². The van der Waals surface area contributed by atoms with Gasteiger partial charge in [0.1, 0.15) is 0 Å². The molecule has 4 amide bonds. The van der Waals surface area contributed by atoms with E-state index < -0.39 is 87.8 Å². The van der Waals surface area contributed by atoms with Gasteiger partial charge in [-0.3, -0.25) is 19.2 Å². The predicted molar refractivity (Wildman–Crippen MR) is 169 cm³/mol. The van der Waals surface area contributed by atoms with E-state index >= 15 is 0 Å². The first-order chi connectivity index (χ1) is 24.0. The molecule has 2 aliphatic heterocycles. The molecule has 3 aromatic carbocycles. The number of anilines is 2. The topological polar surface area (TPSA) is 104 Å². The molecule has 0 bridgehead atoms. The maximum absolute atomic E-state index is 14.5. The normalized spacial score (nSPS) is 27.7. The van der Waals surface area contributed by atoms with Crippen molar-refractivity contribution >= 4 is 35.0 Å². The molecule has 2 aliphatic carbocycles. The van der Waals surface area contributed by atoms with Crippen molar-refractivity contribution in [3.8, 4) is 11.5 Å². The number of amides is 4. The molecular weight excluding hydrogens is 682 g/mol. The Bertz CT molecular complexity index is 1980. The van der Waals surface area contributed by atoms with Crippen LogP contribution in [0.5, 0.6) is 11.5 Å². The molecule has 7 rings (SSSR count). The minimum Gasteiger partial charge on any atom is -0.504 e. The van der Waals surface area contributed by atoms with Crippen LogP contribution in [0.1, 0.15) is 49.3 Å². The number of carbonyl (C=O) groups is 4. The van der Waals surface area contributed by atoms with Gasteiger partial charge in [0, 0.05) is 11.5 Å². The highest BCUT2D eigenvalue weighted by atomic mass is 19.4. The lowest BCUT2D eigenvalue weighted by Crippen LogP contribution is -2.48. The summed E-state index contributed by atoms with van der Waals surface area (Å²) in [6.07, 6.45) is -9.04. The SMILES string of the molecule is CCOc1cccc(C2C3=CCC4C(=O)N(c5cc(C(F)(F)F)cc(C(F)(F)F)c5)C(=O)C4C3CC3C(=O)N(c4ccccc4)C(=O)C32C)c1O. The lowest BCUT2D eigenvalue weighted by molar-refractivity contribution is -0.143. The van der Waals surface area contributed by atoms with E-state index in [1.807, 2.05) is 0 Å². The zero-order valence-corrected chi connectivity index (χ0v) is 27.1. The maximum atomic E-state index is 14.5. The van der Waals surface area contributed by atoms with Crippen LogP contribution in [-0.2, 0) is 31.5 Å². The summed E-state index contributed by atoms with van der Waals surface area (Å²) in [5.41, 5.74) is -4.78. The summed E-state index contributed by atoms with van der Waals surface area (Å²) in [7, 11) is 0. The van der Waals surface area contributed by atoms with Gasteiger partial charge in [-0.15, -0.1) is 0 Å². The van der Waals surface area contributed by atoms with Crippen molar-refractivity contribution in [3.63, 3.8) is 0 Å². The number of phenolic OH excluding ortho intramolecular Hbond substituents is 1. The van der Waals surface area contributed by atoms with Gasteiger partial charge in [-0.1, -0.05) is 42.0 Å². The van der Waals surface area contributed by atoms with Gasteiger partial charge in [0.15, 0.2) is 11.5 Å². The van der Waals surface area contributed by atoms with E-state index in [-0.39, 0.29) is 42.6 Å². The standard InChI is InChI=1S/C37H30F6N2O6/c1-3-51-27-11-7-10-24(30(27)46)29-22-12-13-23-28(25(22)17-26-32(48)45(34(50)35(26,29)2)20-8-5-4-6-9-20)33(49)44(31(23)47)21-15-18(36(38,39)40)14-19(16-21)37(41,42)43/h4-12,14-16,23,25-26,28-29,46H,3,13,17H2,1-2H3. The summed E-state index contributed by atoms with van der Waals surface area (Å²) >= 11 is 0. The van der Waals surface area contributed by atoms with Crippen LogP contribution in [-0.4, -0.2) is 35.3 Å². The van der Waals surface area contributed by atoms with E-state index in [0.29, 0.717) is 28.3 Å². The molecule has 3 fully saturated rings. The van der Waals surface area contributed by atoms with Crippen molar-refractivity contribution in [2.75, 3.05) is 16.4 Å². The quantitative estimate of drug-likeness (QED) is 0.170. The van der Waals surface area contributed by atoms with Crippen LogP contribution in [0.25, 0.3) is 0 Å². The van der Waals surface area contributed by atoms with Crippen molar-refractivity contribution < 1.29 is 55.4 Å². The first-order valence-electron chi connectivity index (χ1n) is 16.3. The molecule has 8 nitrogen and oxygen atoms in total. The fraction of sp³-hybridized carbons (Fsp3) is 0.351. The number of hydrogen-bond acceptors (Lipinski definition) is 6. The smallest absolute Gasteiger partial charge is 0.416 e. The maximum Gasteiger partial charge on any atom is 0.416 e. The summed E-state index contributed by atoms with van der Waals surface area (Å²) in [5.74, 6) is -8.83. The van der Waals surface area contributed by atoms with Gasteiger partial charge < -0.3 is 9.84 Å². The molecule has 266 valence electrons. The minimum atomic E-state index is -5.22. The van der Waals surface area contributed by atoms with Crippen LogP contribution in [0.3, 0.4) is 0 Å². The number of benzene rings is 3. The number of phenols is 1. The van der Waals surface area contributed by atoms with Gasteiger partial charge in [-0.05, 0) is 69.0 Å². The van der Waals surface area contributed by atoms with Crippen molar-refractivity contribution in [2.45, 2.75) is 45.0 Å². The van der Waals surface area contributed by atoms with E-state index in [9.17, 15) is 50.6 Å². The number of ether oxygens (including phenoxy) is 1. The lowest BCUT2D eigenvalue weighted by atomic mass is 9.51. The van der Waals surface area contributed by atoms with E-state index in [4.69, 9.17) is 4.74 Å². The summed E-state index contributed by atoms with van der Waals surface area (Å²) in [6, 6.07) is 13.5. The summed E-state index contributed by atoms with van der Waals surface area (Å²) in [6.45, 7) is 3.50. The number of carbonyl (C=O) groups excluding carboxylic acids is 4. The van der Waals surface area contributed by atoms with Crippen LogP contribution in [0, 0.1) is 29.1 Å². The van der Waals surface area contributed by atoms with Crippen molar-refractivity contribution in [3.05, 3.63) is 95.1 Å². The number of nitrogens with zero attached hydrogens (tertiary/aromatic N) is 2. The predicted octanol–water partition coefficient (Wildman–Crippen LogP) is 7.26. The molecule has 1 saturated carbocycles. The molecule has 14 heteroatoms. The number of imide groups is 2. The van der Waals surface area contributed by atoms with Gasteiger partial charge in [-0.25, -0.2) is 9.80 Å².